The van der Waals surface area contributed by atoms with Crippen LogP contribution in [0.5, 0.6) is 23.0 Å². The molecule has 0 fully saturated rings. The Hall–Kier alpha value is -3.92. The van der Waals surface area contributed by atoms with Crippen LogP contribution in [0, 0.1) is 27.7 Å². The van der Waals surface area contributed by atoms with Gasteiger partial charge in [0.2, 0.25) is 0 Å². The molecule has 0 N–H and O–H groups in total. The molecule has 0 aromatic heterocycles. The maximum absolute atomic E-state index is 5.21. The van der Waals surface area contributed by atoms with Gasteiger partial charge in [-0.3, -0.25) is 0 Å². The molecule has 0 atom stereocenters. The average molecular weight is 713 g/mol. The molecule has 0 aliphatic heterocycles. The smallest absolute Gasteiger partial charge is 0.121 e. The van der Waals surface area contributed by atoms with E-state index >= 15 is 0 Å². The van der Waals surface area contributed by atoms with E-state index in [0.717, 1.165) is 23.0 Å². The van der Waals surface area contributed by atoms with Crippen molar-refractivity contribution in [2.75, 3.05) is 28.4 Å². The zero-order valence-corrected chi connectivity index (χ0v) is 36.6. The molecule has 0 unspecified atom stereocenters. The Morgan fingerprint density at radius 3 is 0.827 bits per heavy atom. The minimum Gasteiger partial charge on any atom is -0.497 e. The molecule has 0 spiro atoms. The van der Waals surface area contributed by atoms with Crippen molar-refractivity contribution in [3.8, 4) is 23.0 Å². The fourth-order valence-electron chi connectivity index (χ4n) is 5.90. The van der Waals surface area contributed by atoms with Crippen molar-refractivity contribution in [1.82, 2.24) is 0 Å². The van der Waals surface area contributed by atoms with E-state index in [0.29, 0.717) is 0 Å². The molecule has 0 saturated carbocycles. The summed E-state index contributed by atoms with van der Waals surface area (Å²) in [5.41, 5.74) is 11.3. The van der Waals surface area contributed by atoms with E-state index in [1.165, 1.54) is 44.5 Å². The van der Waals surface area contributed by atoms with Crippen molar-refractivity contribution >= 4 is 0 Å². The van der Waals surface area contributed by atoms with Crippen LogP contribution in [-0.2, 0) is 21.7 Å². The Kier molecular flexibility index (Phi) is 17.1. The van der Waals surface area contributed by atoms with E-state index in [1.807, 2.05) is 24.3 Å². The van der Waals surface area contributed by atoms with Crippen LogP contribution in [0.3, 0.4) is 0 Å². The minimum atomic E-state index is 0.219. The van der Waals surface area contributed by atoms with Gasteiger partial charge in [0, 0.05) is 0 Å². The van der Waals surface area contributed by atoms with Gasteiger partial charge in [0.1, 0.15) is 23.0 Å². The molecule has 52 heavy (non-hydrogen) atoms. The SMILES string of the molecule is COc1ccc(C(C)(C)C)c(C)c1.COc1ccc(C(C)(C)C)c(C)c1.COc1ccc(C(C)(C)C)cc1C.COc1ccc(C(C)(C)C)cc1C. The first-order chi connectivity index (χ1) is 23.8. The van der Waals surface area contributed by atoms with Gasteiger partial charge in [0.25, 0.3) is 0 Å². The number of hydrogen-bond donors (Lipinski definition) is 0. The Morgan fingerprint density at radius 1 is 0.327 bits per heavy atom. The summed E-state index contributed by atoms with van der Waals surface area (Å²) >= 11 is 0. The van der Waals surface area contributed by atoms with E-state index in [1.54, 1.807) is 28.4 Å². The van der Waals surface area contributed by atoms with Crippen molar-refractivity contribution in [2.24, 2.45) is 0 Å². The largest absolute Gasteiger partial charge is 0.497 e. The van der Waals surface area contributed by atoms with Gasteiger partial charge in [-0.15, -0.1) is 0 Å². The number of ether oxygens (including phenoxy) is 4. The standard InChI is InChI=1S/4C12H18O/c2*1-9-8-10(13-5)6-7-11(9)12(2,3)4;2*1-9-8-10(12(2,3)4)6-7-11(9)13-5/h4*6-8H,1-5H3. The number of benzene rings is 4. The Balaban J connectivity index is 0.000000347. The summed E-state index contributed by atoms with van der Waals surface area (Å²) in [6.45, 7) is 35.1. The molecule has 4 rings (SSSR count). The highest BCUT2D eigenvalue weighted by Crippen LogP contribution is 2.30. The quantitative estimate of drug-likeness (QED) is 0.211. The first kappa shape index (κ1) is 46.1. The summed E-state index contributed by atoms with van der Waals surface area (Å²) in [5.74, 6) is 3.80. The van der Waals surface area contributed by atoms with E-state index in [4.69, 9.17) is 18.9 Å². The molecule has 0 heterocycles. The van der Waals surface area contributed by atoms with Crippen molar-refractivity contribution in [2.45, 2.75) is 132 Å². The van der Waals surface area contributed by atoms with Crippen LogP contribution in [0.1, 0.15) is 128 Å². The highest BCUT2D eigenvalue weighted by Gasteiger charge is 2.18. The predicted molar refractivity (Wildman–Crippen MR) is 226 cm³/mol. The second kappa shape index (κ2) is 19.2. The number of methoxy groups -OCH3 is 4. The van der Waals surface area contributed by atoms with Crippen molar-refractivity contribution in [1.29, 1.82) is 0 Å². The summed E-state index contributed by atoms with van der Waals surface area (Å²) < 4.78 is 20.8. The molecule has 4 heteroatoms. The van der Waals surface area contributed by atoms with Crippen LogP contribution in [0.2, 0.25) is 0 Å². The van der Waals surface area contributed by atoms with Crippen LogP contribution in [-0.4, -0.2) is 28.4 Å². The van der Waals surface area contributed by atoms with Gasteiger partial charge in [-0.1, -0.05) is 119 Å². The number of rotatable bonds is 4. The molecule has 0 aliphatic rings. The molecular formula is C48H72O4. The normalized spacial score (nSPS) is 11.5. The van der Waals surface area contributed by atoms with Crippen molar-refractivity contribution < 1.29 is 18.9 Å². The zero-order valence-electron chi connectivity index (χ0n) is 36.6. The van der Waals surface area contributed by atoms with Crippen LogP contribution in [0.4, 0.5) is 0 Å². The van der Waals surface area contributed by atoms with Crippen LogP contribution < -0.4 is 18.9 Å². The van der Waals surface area contributed by atoms with E-state index in [9.17, 15) is 0 Å². The summed E-state index contributed by atoms with van der Waals surface area (Å²) in [6, 6.07) is 25.2. The maximum atomic E-state index is 5.21. The summed E-state index contributed by atoms with van der Waals surface area (Å²) in [7, 11) is 6.81. The van der Waals surface area contributed by atoms with Crippen molar-refractivity contribution in [3.05, 3.63) is 117 Å². The van der Waals surface area contributed by atoms with E-state index in [-0.39, 0.29) is 21.7 Å². The first-order valence-corrected chi connectivity index (χ1v) is 18.4. The van der Waals surface area contributed by atoms with Crippen LogP contribution in [0.25, 0.3) is 0 Å². The Labute approximate surface area is 319 Å². The Morgan fingerprint density at radius 2 is 0.635 bits per heavy atom. The lowest BCUT2D eigenvalue weighted by Crippen LogP contribution is -2.12. The van der Waals surface area contributed by atoms with Crippen LogP contribution in [0.15, 0.2) is 72.8 Å². The third kappa shape index (κ3) is 14.6. The highest BCUT2D eigenvalue weighted by atomic mass is 16.5. The molecule has 0 amide bonds. The lowest BCUT2D eigenvalue weighted by atomic mass is 9.84. The molecule has 0 radical (unpaired) electrons. The maximum Gasteiger partial charge on any atom is 0.121 e. The number of hydrogen-bond acceptors (Lipinski definition) is 4. The molecule has 4 nitrogen and oxygen atoms in total. The topological polar surface area (TPSA) is 36.9 Å². The average Bonchev–Trinajstić information content (AvgIpc) is 3.03. The van der Waals surface area contributed by atoms with Gasteiger partial charge < -0.3 is 18.9 Å². The van der Waals surface area contributed by atoms with Gasteiger partial charge >= 0.3 is 0 Å². The number of aryl methyl sites for hydroxylation is 4. The van der Waals surface area contributed by atoms with Gasteiger partial charge in [-0.05, 0) is 130 Å². The molecular weight excluding hydrogens is 641 g/mol. The lowest BCUT2D eigenvalue weighted by Gasteiger charge is -2.21. The predicted octanol–water partition coefficient (Wildman–Crippen LogP) is 13.2. The van der Waals surface area contributed by atoms with Gasteiger partial charge in [-0.2, -0.15) is 0 Å². The summed E-state index contributed by atoms with van der Waals surface area (Å²) in [4.78, 5) is 0. The highest BCUT2D eigenvalue weighted by molar-refractivity contribution is 5.41. The monoisotopic (exact) mass is 713 g/mol. The molecule has 4 aromatic carbocycles. The third-order valence-electron chi connectivity index (χ3n) is 9.00. The molecule has 4 aromatic rings. The minimum absolute atomic E-state index is 0.219. The zero-order chi connectivity index (χ0) is 40.2. The molecule has 0 aliphatic carbocycles. The summed E-state index contributed by atoms with van der Waals surface area (Å²) in [5, 5.41) is 0. The third-order valence-corrected chi connectivity index (χ3v) is 9.00. The van der Waals surface area contributed by atoms with E-state index in [2.05, 4.69) is 159 Å². The van der Waals surface area contributed by atoms with Crippen molar-refractivity contribution in [3.63, 3.8) is 0 Å². The molecule has 288 valence electrons. The molecule has 0 bridgehead atoms. The van der Waals surface area contributed by atoms with Gasteiger partial charge in [0.05, 0.1) is 28.4 Å². The molecule has 0 saturated heterocycles. The van der Waals surface area contributed by atoms with Gasteiger partial charge in [0.15, 0.2) is 0 Å². The lowest BCUT2D eigenvalue weighted by molar-refractivity contribution is 0.411. The van der Waals surface area contributed by atoms with Crippen LogP contribution >= 0.6 is 0 Å². The van der Waals surface area contributed by atoms with Gasteiger partial charge in [-0.25, -0.2) is 0 Å². The second-order valence-corrected chi connectivity index (χ2v) is 17.7. The van der Waals surface area contributed by atoms with E-state index < -0.39 is 0 Å². The summed E-state index contributed by atoms with van der Waals surface area (Å²) in [6.07, 6.45) is 0. The second-order valence-electron chi connectivity index (χ2n) is 17.7. The fourth-order valence-corrected chi connectivity index (χ4v) is 5.90. The fraction of sp³-hybridized carbons (Fsp3) is 0.500. The first-order valence-electron chi connectivity index (χ1n) is 18.4. The Bertz CT molecular complexity index is 1560.